The molecule has 4 nitrogen and oxygen atoms in total. The SMILES string of the molecule is Cc1ccc(OC[C@H](C)NC(=O)COc2ccc(Br)cc2)cc1. The number of hydrogen-bond acceptors (Lipinski definition) is 3. The number of amides is 1. The van der Waals surface area contributed by atoms with E-state index in [0.29, 0.717) is 12.4 Å². The Morgan fingerprint density at radius 3 is 2.26 bits per heavy atom. The monoisotopic (exact) mass is 377 g/mol. The standard InChI is InChI=1S/C18H20BrNO3/c1-13-3-7-16(8-4-13)22-11-14(2)20-18(21)12-23-17-9-5-15(19)6-10-17/h3-10,14H,11-12H2,1-2H3,(H,20,21)/t14-/m0/s1. The molecule has 1 N–H and O–H groups in total. The van der Waals surface area contributed by atoms with Crippen molar-refractivity contribution in [2.75, 3.05) is 13.2 Å². The van der Waals surface area contributed by atoms with Crippen molar-refractivity contribution in [2.24, 2.45) is 0 Å². The normalized spacial score (nSPS) is 11.6. The van der Waals surface area contributed by atoms with Gasteiger partial charge in [0.2, 0.25) is 0 Å². The Bertz CT molecular complexity index is 626. The number of halogens is 1. The predicted molar refractivity (Wildman–Crippen MR) is 93.9 cm³/mol. The lowest BCUT2D eigenvalue weighted by atomic mass is 10.2. The van der Waals surface area contributed by atoms with Crippen molar-refractivity contribution in [3.05, 3.63) is 58.6 Å². The summed E-state index contributed by atoms with van der Waals surface area (Å²) in [6.45, 7) is 4.31. The zero-order chi connectivity index (χ0) is 16.7. The van der Waals surface area contributed by atoms with Crippen LogP contribution in [0.25, 0.3) is 0 Å². The number of carbonyl (C=O) groups is 1. The Morgan fingerprint density at radius 1 is 1.04 bits per heavy atom. The topological polar surface area (TPSA) is 47.6 Å². The maximum absolute atomic E-state index is 11.8. The maximum Gasteiger partial charge on any atom is 0.258 e. The minimum absolute atomic E-state index is 0.0174. The lowest BCUT2D eigenvalue weighted by molar-refractivity contribution is -0.123. The van der Waals surface area contributed by atoms with E-state index in [1.165, 1.54) is 5.56 Å². The first kappa shape index (κ1) is 17.3. The molecule has 0 aliphatic carbocycles. The fourth-order valence-corrected chi connectivity index (χ4v) is 2.16. The molecule has 0 heterocycles. The van der Waals surface area contributed by atoms with Gasteiger partial charge in [-0.05, 0) is 50.2 Å². The lowest BCUT2D eigenvalue weighted by Gasteiger charge is -2.15. The van der Waals surface area contributed by atoms with E-state index in [1.54, 1.807) is 12.1 Å². The van der Waals surface area contributed by atoms with Crippen LogP contribution in [0, 0.1) is 6.92 Å². The number of hydrogen-bond donors (Lipinski definition) is 1. The van der Waals surface area contributed by atoms with E-state index in [4.69, 9.17) is 9.47 Å². The van der Waals surface area contributed by atoms with Crippen LogP contribution in [0.5, 0.6) is 11.5 Å². The van der Waals surface area contributed by atoms with Crippen LogP contribution in [0.15, 0.2) is 53.0 Å². The van der Waals surface area contributed by atoms with Gasteiger partial charge in [-0.25, -0.2) is 0 Å². The third kappa shape index (κ3) is 6.32. The van der Waals surface area contributed by atoms with Crippen LogP contribution in [0.2, 0.25) is 0 Å². The zero-order valence-corrected chi connectivity index (χ0v) is 14.8. The Morgan fingerprint density at radius 2 is 1.61 bits per heavy atom. The molecule has 0 fully saturated rings. The Hall–Kier alpha value is -2.01. The van der Waals surface area contributed by atoms with Gasteiger partial charge in [0.05, 0.1) is 6.04 Å². The molecule has 2 aromatic carbocycles. The van der Waals surface area contributed by atoms with E-state index in [0.717, 1.165) is 10.2 Å². The maximum atomic E-state index is 11.8. The minimum Gasteiger partial charge on any atom is -0.491 e. The van der Waals surface area contributed by atoms with Gasteiger partial charge in [-0.2, -0.15) is 0 Å². The highest BCUT2D eigenvalue weighted by Crippen LogP contribution is 2.16. The van der Waals surface area contributed by atoms with Gasteiger partial charge >= 0.3 is 0 Å². The summed E-state index contributed by atoms with van der Waals surface area (Å²) in [6, 6.07) is 15.1. The molecule has 2 rings (SSSR count). The first-order valence-electron chi connectivity index (χ1n) is 7.40. The van der Waals surface area contributed by atoms with Gasteiger partial charge in [-0.3, -0.25) is 4.79 Å². The highest BCUT2D eigenvalue weighted by molar-refractivity contribution is 9.10. The number of ether oxygens (including phenoxy) is 2. The molecule has 1 atom stereocenters. The van der Waals surface area contributed by atoms with Crippen molar-refractivity contribution in [1.29, 1.82) is 0 Å². The molecule has 0 radical (unpaired) electrons. The van der Waals surface area contributed by atoms with E-state index < -0.39 is 0 Å². The van der Waals surface area contributed by atoms with Crippen molar-refractivity contribution in [3.63, 3.8) is 0 Å². The summed E-state index contributed by atoms with van der Waals surface area (Å²) in [7, 11) is 0. The lowest BCUT2D eigenvalue weighted by Crippen LogP contribution is -2.39. The fraction of sp³-hybridized carbons (Fsp3) is 0.278. The summed E-state index contributed by atoms with van der Waals surface area (Å²) in [5.41, 5.74) is 1.18. The molecule has 0 unspecified atom stereocenters. The van der Waals surface area contributed by atoms with Crippen LogP contribution in [-0.4, -0.2) is 25.2 Å². The van der Waals surface area contributed by atoms with E-state index in [9.17, 15) is 4.79 Å². The van der Waals surface area contributed by atoms with Crippen molar-refractivity contribution in [3.8, 4) is 11.5 Å². The predicted octanol–water partition coefficient (Wildman–Crippen LogP) is 3.72. The summed E-state index contributed by atoms with van der Waals surface area (Å²) < 4.78 is 12.0. The zero-order valence-electron chi connectivity index (χ0n) is 13.2. The molecule has 0 spiro atoms. The van der Waals surface area contributed by atoms with E-state index in [1.807, 2.05) is 50.2 Å². The quantitative estimate of drug-likeness (QED) is 0.799. The third-order valence-corrected chi connectivity index (χ3v) is 3.64. The van der Waals surface area contributed by atoms with Crippen LogP contribution >= 0.6 is 15.9 Å². The van der Waals surface area contributed by atoms with Gasteiger partial charge < -0.3 is 14.8 Å². The number of nitrogens with one attached hydrogen (secondary N) is 1. The summed E-state index contributed by atoms with van der Waals surface area (Å²) >= 11 is 3.35. The molecule has 5 heteroatoms. The Kier molecular flexibility index (Phi) is 6.47. The summed E-state index contributed by atoms with van der Waals surface area (Å²) in [4.78, 5) is 11.8. The van der Waals surface area contributed by atoms with Gasteiger partial charge in [0.15, 0.2) is 6.61 Å². The van der Waals surface area contributed by atoms with Crippen molar-refractivity contribution >= 4 is 21.8 Å². The van der Waals surface area contributed by atoms with Gasteiger partial charge in [0.1, 0.15) is 18.1 Å². The van der Waals surface area contributed by atoms with Crippen molar-refractivity contribution in [2.45, 2.75) is 19.9 Å². The molecule has 0 bridgehead atoms. The second kappa shape index (κ2) is 8.58. The van der Waals surface area contributed by atoms with E-state index >= 15 is 0 Å². The van der Waals surface area contributed by atoms with Crippen LogP contribution in [-0.2, 0) is 4.79 Å². The Labute approximate surface area is 144 Å². The first-order valence-corrected chi connectivity index (χ1v) is 8.19. The highest BCUT2D eigenvalue weighted by Gasteiger charge is 2.09. The second-order valence-electron chi connectivity index (χ2n) is 5.34. The first-order chi connectivity index (χ1) is 11.0. The average Bonchev–Trinajstić information content (AvgIpc) is 2.54. The summed E-state index contributed by atoms with van der Waals surface area (Å²) in [5.74, 6) is 1.28. The van der Waals surface area contributed by atoms with E-state index in [2.05, 4.69) is 21.2 Å². The smallest absolute Gasteiger partial charge is 0.258 e. The summed E-state index contributed by atoms with van der Waals surface area (Å²) in [6.07, 6.45) is 0. The van der Waals surface area contributed by atoms with Crippen molar-refractivity contribution < 1.29 is 14.3 Å². The number of carbonyl (C=O) groups excluding carboxylic acids is 1. The van der Waals surface area contributed by atoms with Crippen LogP contribution in [0.4, 0.5) is 0 Å². The fourth-order valence-electron chi connectivity index (χ4n) is 1.89. The summed E-state index contributed by atoms with van der Waals surface area (Å²) in [5, 5.41) is 2.84. The molecule has 0 saturated heterocycles. The van der Waals surface area contributed by atoms with Gasteiger partial charge in [0, 0.05) is 4.47 Å². The second-order valence-corrected chi connectivity index (χ2v) is 6.25. The van der Waals surface area contributed by atoms with Gasteiger partial charge in [-0.1, -0.05) is 33.6 Å². The Balaban J connectivity index is 1.69. The largest absolute Gasteiger partial charge is 0.491 e. The minimum atomic E-state index is -0.173. The average molecular weight is 378 g/mol. The molecular weight excluding hydrogens is 358 g/mol. The molecule has 0 aliphatic heterocycles. The van der Waals surface area contributed by atoms with Crippen LogP contribution in [0.3, 0.4) is 0 Å². The van der Waals surface area contributed by atoms with Gasteiger partial charge in [0.25, 0.3) is 5.91 Å². The van der Waals surface area contributed by atoms with E-state index in [-0.39, 0.29) is 18.6 Å². The molecular formula is C18H20BrNO3. The molecule has 0 aliphatic rings. The molecule has 0 aromatic heterocycles. The number of aryl methyl sites for hydroxylation is 1. The van der Waals surface area contributed by atoms with Crippen molar-refractivity contribution in [1.82, 2.24) is 5.32 Å². The van der Waals surface area contributed by atoms with Crippen LogP contribution < -0.4 is 14.8 Å². The highest BCUT2D eigenvalue weighted by atomic mass is 79.9. The third-order valence-electron chi connectivity index (χ3n) is 3.11. The number of benzene rings is 2. The molecule has 0 saturated carbocycles. The molecule has 23 heavy (non-hydrogen) atoms. The van der Waals surface area contributed by atoms with Crippen LogP contribution in [0.1, 0.15) is 12.5 Å². The molecule has 122 valence electrons. The van der Waals surface area contributed by atoms with Gasteiger partial charge in [-0.15, -0.1) is 0 Å². The molecule has 1 amide bonds. The molecule has 2 aromatic rings. The number of rotatable bonds is 7.